The molecule has 0 aromatic carbocycles. The van der Waals surface area contributed by atoms with E-state index < -0.39 is 23.9 Å². The zero-order chi connectivity index (χ0) is 10.7. The monoisotopic (exact) mass is 203 g/mol. The van der Waals surface area contributed by atoms with Crippen LogP contribution in [0.1, 0.15) is 0 Å². The minimum absolute atomic E-state index is 0.142. The van der Waals surface area contributed by atoms with Crippen LogP contribution in [0.25, 0.3) is 0 Å². The molecule has 1 fully saturated rings. The molecule has 80 valence electrons. The summed E-state index contributed by atoms with van der Waals surface area (Å²) in [7, 11) is 4.11. The molecule has 1 heterocycles. The minimum Gasteiger partial charge on any atom is -0.469 e. The SMILES string of the molecule is COC(=O)[C@H]1CON(C)[C@H]1C(=O)OC. The fourth-order valence-electron chi connectivity index (χ4n) is 1.40. The van der Waals surface area contributed by atoms with Gasteiger partial charge in [0.1, 0.15) is 12.0 Å². The molecule has 0 bridgehead atoms. The number of carbonyl (C=O) groups is 2. The Hall–Kier alpha value is -1.14. The molecule has 14 heavy (non-hydrogen) atoms. The summed E-state index contributed by atoms with van der Waals surface area (Å²) in [6.45, 7) is 0.142. The number of esters is 2. The van der Waals surface area contributed by atoms with Crippen LogP contribution >= 0.6 is 0 Å². The highest BCUT2D eigenvalue weighted by Gasteiger charge is 2.44. The van der Waals surface area contributed by atoms with Gasteiger partial charge in [0.05, 0.1) is 20.8 Å². The third kappa shape index (κ3) is 1.85. The average molecular weight is 203 g/mol. The molecule has 6 heteroatoms. The van der Waals surface area contributed by atoms with Gasteiger partial charge in [-0.2, -0.15) is 5.06 Å². The van der Waals surface area contributed by atoms with E-state index >= 15 is 0 Å². The second-order valence-corrected chi connectivity index (χ2v) is 2.94. The first-order chi connectivity index (χ1) is 6.61. The van der Waals surface area contributed by atoms with Gasteiger partial charge >= 0.3 is 11.9 Å². The first-order valence-corrected chi connectivity index (χ1v) is 4.13. The maximum atomic E-state index is 11.3. The molecule has 1 saturated heterocycles. The summed E-state index contributed by atoms with van der Waals surface area (Å²) in [5.74, 6) is -1.58. The molecule has 1 rings (SSSR count). The first kappa shape index (κ1) is 10.9. The van der Waals surface area contributed by atoms with Crippen molar-refractivity contribution in [2.75, 3.05) is 27.9 Å². The fraction of sp³-hybridized carbons (Fsp3) is 0.750. The molecule has 0 saturated carbocycles. The number of rotatable bonds is 2. The third-order valence-corrected chi connectivity index (χ3v) is 2.18. The van der Waals surface area contributed by atoms with Gasteiger partial charge in [-0.25, -0.2) is 0 Å². The molecule has 0 unspecified atom stereocenters. The number of carbonyl (C=O) groups excluding carboxylic acids is 2. The lowest BCUT2D eigenvalue weighted by Crippen LogP contribution is -2.41. The lowest BCUT2D eigenvalue weighted by Gasteiger charge is -2.17. The van der Waals surface area contributed by atoms with Crippen LogP contribution in [0.15, 0.2) is 0 Å². The molecular formula is C8H13NO5. The molecule has 0 spiro atoms. The van der Waals surface area contributed by atoms with E-state index in [0.717, 1.165) is 0 Å². The Morgan fingerprint density at radius 1 is 1.29 bits per heavy atom. The number of methoxy groups -OCH3 is 2. The van der Waals surface area contributed by atoms with Gasteiger partial charge in [-0.05, 0) is 0 Å². The van der Waals surface area contributed by atoms with Crippen molar-refractivity contribution in [2.24, 2.45) is 5.92 Å². The Morgan fingerprint density at radius 3 is 2.36 bits per heavy atom. The van der Waals surface area contributed by atoms with Crippen molar-refractivity contribution < 1.29 is 23.9 Å². The van der Waals surface area contributed by atoms with Crippen LogP contribution in [-0.4, -0.2) is 50.9 Å². The lowest BCUT2D eigenvalue weighted by atomic mass is 10.0. The van der Waals surface area contributed by atoms with Gasteiger partial charge in [0.15, 0.2) is 0 Å². The molecule has 0 aliphatic carbocycles. The largest absolute Gasteiger partial charge is 0.469 e. The van der Waals surface area contributed by atoms with E-state index in [1.807, 2.05) is 0 Å². The lowest BCUT2D eigenvalue weighted by molar-refractivity contribution is -0.164. The molecule has 0 aromatic heterocycles. The molecule has 0 N–H and O–H groups in total. The van der Waals surface area contributed by atoms with Crippen LogP contribution in [-0.2, 0) is 23.9 Å². The maximum Gasteiger partial charge on any atom is 0.326 e. The van der Waals surface area contributed by atoms with E-state index in [1.165, 1.54) is 19.3 Å². The molecule has 1 aliphatic heterocycles. The molecule has 0 radical (unpaired) electrons. The molecule has 2 atom stereocenters. The second-order valence-electron chi connectivity index (χ2n) is 2.94. The van der Waals surface area contributed by atoms with Gasteiger partial charge in [0.25, 0.3) is 0 Å². The summed E-state index contributed by atoms with van der Waals surface area (Å²) in [6.07, 6.45) is 0. The topological polar surface area (TPSA) is 65.1 Å². The van der Waals surface area contributed by atoms with E-state index in [0.29, 0.717) is 0 Å². The van der Waals surface area contributed by atoms with Crippen molar-refractivity contribution in [2.45, 2.75) is 6.04 Å². The van der Waals surface area contributed by atoms with Crippen LogP contribution in [0.3, 0.4) is 0 Å². The predicted molar refractivity (Wildman–Crippen MR) is 45.0 cm³/mol. The van der Waals surface area contributed by atoms with E-state index in [9.17, 15) is 9.59 Å². The van der Waals surface area contributed by atoms with E-state index in [-0.39, 0.29) is 6.61 Å². The normalized spacial score (nSPS) is 27.4. The second kappa shape index (κ2) is 4.39. The van der Waals surface area contributed by atoms with Gasteiger partial charge in [0.2, 0.25) is 0 Å². The van der Waals surface area contributed by atoms with Gasteiger partial charge in [-0.1, -0.05) is 0 Å². The minimum atomic E-state index is -0.715. The summed E-state index contributed by atoms with van der Waals surface area (Å²) >= 11 is 0. The standard InChI is InChI=1S/C8H13NO5/c1-9-6(8(11)13-3)5(4-14-9)7(10)12-2/h5-6H,4H2,1-3H3/t5-,6+/m0/s1. The number of ether oxygens (including phenoxy) is 2. The van der Waals surface area contributed by atoms with Crippen molar-refractivity contribution in [1.29, 1.82) is 0 Å². The average Bonchev–Trinajstić information content (AvgIpc) is 2.58. The molecule has 1 aliphatic rings. The molecular weight excluding hydrogens is 190 g/mol. The highest BCUT2D eigenvalue weighted by atomic mass is 16.7. The molecule has 6 nitrogen and oxygen atoms in total. The van der Waals surface area contributed by atoms with Crippen LogP contribution in [0.4, 0.5) is 0 Å². The van der Waals surface area contributed by atoms with E-state index in [1.54, 1.807) is 7.05 Å². The number of hydrogen-bond acceptors (Lipinski definition) is 6. The quantitative estimate of drug-likeness (QED) is 0.547. The zero-order valence-corrected chi connectivity index (χ0v) is 8.35. The summed E-state index contributed by atoms with van der Waals surface area (Å²) < 4.78 is 9.12. The Labute approximate surface area is 81.7 Å². The Bertz CT molecular complexity index is 242. The highest BCUT2D eigenvalue weighted by Crippen LogP contribution is 2.21. The molecule has 0 amide bonds. The first-order valence-electron chi connectivity index (χ1n) is 4.13. The van der Waals surface area contributed by atoms with Gasteiger partial charge in [-0.15, -0.1) is 0 Å². The maximum absolute atomic E-state index is 11.3. The molecule has 0 aromatic rings. The Balaban J connectivity index is 2.76. The Morgan fingerprint density at radius 2 is 1.86 bits per heavy atom. The van der Waals surface area contributed by atoms with Crippen LogP contribution in [0, 0.1) is 5.92 Å². The smallest absolute Gasteiger partial charge is 0.326 e. The summed E-state index contributed by atoms with van der Waals surface area (Å²) in [6, 6.07) is -0.715. The van der Waals surface area contributed by atoms with Crippen LogP contribution in [0.2, 0.25) is 0 Å². The number of hydroxylamine groups is 2. The zero-order valence-electron chi connectivity index (χ0n) is 8.35. The van der Waals surface area contributed by atoms with Crippen LogP contribution < -0.4 is 0 Å². The van der Waals surface area contributed by atoms with Crippen molar-refractivity contribution >= 4 is 11.9 Å². The van der Waals surface area contributed by atoms with Gasteiger partial charge in [-0.3, -0.25) is 14.4 Å². The van der Waals surface area contributed by atoms with Crippen molar-refractivity contribution in [3.05, 3.63) is 0 Å². The number of hydrogen-bond donors (Lipinski definition) is 0. The predicted octanol–water partition coefficient (Wildman–Crippen LogP) is -0.806. The van der Waals surface area contributed by atoms with Crippen molar-refractivity contribution in [3.63, 3.8) is 0 Å². The summed E-state index contributed by atoms with van der Waals surface area (Å²) in [5.41, 5.74) is 0. The fourth-order valence-corrected chi connectivity index (χ4v) is 1.40. The van der Waals surface area contributed by atoms with E-state index in [2.05, 4.69) is 9.47 Å². The number of likely N-dealkylation sites (N-methyl/N-ethyl adjacent to an activating group) is 1. The van der Waals surface area contributed by atoms with E-state index in [4.69, 9.17) is 4.84 Å². The van der Waals surface area contributed by atoms with Crippen LogP contribution in [0.5, 0.6) is 0 Å². The Kier molecular flexibility index (Phi) is 3.43. The van der Waals surface area contributed by atoms with Crippen molar-refractivity contribution in [3.8, 4) is 0 Å². The number of nitrogens with zero attached hydrogens (tertiary/aromatic N) is 1. The summed E-state index contributed by atoms with van der Waals surface area (Å²) in [5, 5.41) is 1.31. The third-order valence-electron chi connectivity index (χ3n) is 2.18. The summed E-state index contributed by atoms with van der Waals surface area (Å²) in [4.78, 5) is 27.6. The highest BCUT2D eigenvalue weighted by molar-refractivity contribution is 5.85. The van der Waals surface area contributed by atoms with Gasteiger partial charge < -0.3 is 9.47 Å². The van der Waals surface area contributed by atoms with Gasteiger partial charge in [0, 0.05) is 7.05 Å². The van der Waals surface area contributed by atoms with Crippen molar-refractivity contribution in [1.82, 2.24) is 5.06 Å².